The van der Waals surface area contributed by atoms with Gasteiger partial charge in [-0.25, -0.2) is 21.6 Å². The molecule has 6 rings (SSSR count). The number of halogens is 4. The number of fused-ring (bicyclic) bond motifs is 2. The lowest BCUT2D eigenvalue weighted by molar-refractivity contribution is -0.161. The summed E-state index contributed by atoms with van der Waals surface area (Å²) in [5.74, 6) is -5.73. The van der Waals surface area contributed by atoms with Crippen molar-refractivity contribution in [3.63, 3.8) is 0 Å². The molecule has 3 aromatic rings. The van der Waals surface area contributed by atoms with E-state index >= 15 is 0 Å². The minimum absolute atomic E-state index is 0.0179. The van der Waals surface area contributed by atoms with Crippen molar-refractivity contribution in [1.29, 1.82) is 0 Å². The predicted octanol–water partition coefficient (Wildman–Crippen LogP) is 6.26. The second-order valence-electron chi connectivity index (χ2n) is 11.5. The number of anilines is 1. The first-order valence-electron chi connectivity index (χ1n) is 14.5. The number of hydrogen-bond donors (Lipinski definition) is 2. The van der Waals surface area contributed by atoms with E-state index in [2.05, 4.69) is 28.8 Å². The third kappa shape index (κ3) is 6.29. The monoisotopic (exact) mass is 645 g/mol. The second kappa shape index (κ2) is 12.6. The summed E-state index contributed by atoms with van der Waals surface area (Å²) >= 11 is 6.38. The van der Waals surface area contributed by atoms with Crippen LogP contribution in [-0.4, -0.2) is 44.0 Å². The largest absolute Gasteiger partial charge is 0.322 e. The summed E-state index contributed by atoms with van der Waals surface area (Å²) in [5, 5.41) is 7.05. The average Bonchev–Trinajstić information content (AvgIpc) is 3.13. The van der Waals surface area contributed by atoms with Gasteiger partial charge in [0.15, 0.2) is 27.3 Å². The van der Waals surface area contributed by atoms with Crippen molar-refractivity contribution in [1.82, 2.24) is 10.4 Å². The molecule has 7 nitrogen and oxygen atoms in total. The Morgan fingerprint density at radius 1 is 1.02 bits per heavy atom. The zero-order chi connectivity index (χ0) is 31.0. The highest BCUT2D eigenvalue weighted by atomic mass is 35.5. The highest BCUT2D eigenvalue weighted by Gasteiger charge is 2.48. The van der Waals surface area contributed by atoms with Crippen LogP contribution in [0.15, 0.2) is 77.2 Å². The molecular formula is C32H31ClF3N3O4S. The number of sulfone groups is 1. The van der Waals surface area contributed by atoms with Crippen LogP contribution in [0.1, 0.15) is 41.6 Å². The molecule has 232 valence electrons. The van der Waals surface area contributed by atoms with E-state index in [1.54, 1.807) is 0 Å². The molecule has 2 bridgehead atoms. The van der Waals surface area contributed by atoms with Crippen molar-refractivity contribution < 1.29 is 31.2 Å². The molecule has 3 unspecified atom stereocenters. The number of hydroxylamine groups is 2. The van der Waals surface area contributed by atoms with Gasteiger partial charge in [-0.15, -0.1) is 0 Å². The lowest BCUT2D eigenvalue weighted by Gasteiger charge is -2.32. The van der Waals surface area contributed by atoms with Gasteiger partial charge >= 0.3 is 0 Å². The van der Waals surface area contributed by atoms with E-state index in [1.165, 1.54) is 23.8 Å². The van der Waals surface area contributed by atoms with Crippen molar-refractivity contribution >= 4 is 33.0 Å². The Hall–Kier alpha value is -3.22. The number of amides is 1. The Kier molecular flexibility index (Phi) is 8.85. The van der Waals surface area contributed by atoms with Gasteiger partial charge in [-0.1, -0.05) is 53.6 Å². The van der Waals surface area contributed by atoms with E-state index in [-0.39, 0.29) is 39.0 Å². The number of nitrogens with one attached hydrogen (secondary N) is 2. The Morgan fingerprint density at radius 3 is 2.50 bits per heavy atom. The molecule has 0 radical (unpaired) electrons. The number of rotatable bonds is 7. The number of benzene rings is 3. The van der Waals surface area contributed by atoms with Crippen molar-refractivity contribution in [3.8, 4) is 0 Å². The smallest absolute Gasteiger partial charge is 0.255 e. The first-order valence-corrected chi connectivity index (χ1v) is 16.4. The molecule has 44 heavy (non-hydrogen) atoms. The summed E-state index contributed by atoms with van der Waals surface area (Å²) in [6.07, 6.45) is 4.95. The summed E-state index contributed by atoms with van der Waals surface area (Å²) in [5.41, 5.74) is 1.95. The number of allylic oxidation sites excluding steroid dienone is 1. The quantitative estimate of drug-likeness (QED) is 0.233. The predicted molar refractivity (Wildman–Crippen MR) is 160 cm³/mol. The van der Waals surface area contributed by atoms with Gasteiger partial charge < -0.3 is 5.32 Å². The summed E-state index contributed by atoms with van der Waals surface area (Å²) < 4.78 is 68.7. The molecular weight excluding hydrogens is 615 g/mol. The molecule has 1 amide bonds. The van der Waals surface area contributed by atoms with E-state index in [9.17, 15) is 26.4 Å². The topological polar surface area (TPSA) is 87.7 Å². The van der Waals surface area contributed by atoms with Crippen LogP contribution in [0.3, 0.4) is 0 Å². The standard InChI is InChI=1S/C32H31ClF3N3O4S/c33-25-9-8-22(32(40)38-24-15-26(34)30(36)27(35)16-24)14-29(25)44(41,42)31-20-6-7-21(31)13-23(12-20)28-10-11-43-39(18-37-28)17-19-4-2-1-3-5-19/h1-5,8-9,12,14-16,20-21,28,31,37H,6-7,10-11,13,17-18H2,(H,38,40)/t20?,21?,28?,31-/m1/s1. The highest BCUT2D eigenvalue weighted by molar-refractivity contribution is 7.92. The fraction of sp³-hybridized carbons (Fsp3) is 0.344. The molecule has 2 fully saturated rings. The SMILES string of the molecule is O=C(Nc1cc(F)c(F)c(F)c1)c1ccc(Cl)c(S(=O)(=O)[C@@H]2C3C=C(C4CCON(Cc5ccccc5)CN4)CC2CC3)c1. The van der Waals surface area contributed by atoms with Gasteiger partial charge in [0.2, 0.25) is 0 Å². The number of hydrogen-bond acceptors (Lipinski definition) is 6. The van der Waals surface area contributed by atoms with Gasteiger partial charge in [0, 0.05) is 29.4 Å². The van der Waals surface area contributed by atoms with Crippen molar-refractivity contribution in [3.05, 3.63) is 106 Å². The van der Waals surface area contributed by atoms with E-state index < -0.39 is 38.4 Å². The van der Waals surface area contributed by atoms with Crippen LogP contribution in [0.4, 0.5) is 18.9 Å². The van der Waals surface area contributed by atoms with E-state index in [1.807, 2.05) is 23.3 Å². The third-order valence-electron chi connectivity index (χ3n) is 8.63. The minimum Gasteiger partial charge on any atom is -0.322 e. The van der Waals surface area contributed by atoms with Crippen LogP contribution in [0, 0.1) is 29.3 Å². The van der Waals surface area contributed by atoms with Crippen LogP contribution in [0.25, 0.3) is 0 Å². The fourth-order valence-corrected chi connectivity index (χ4v) is 9.35. The molecule has 1 saturated heterocycles. The summed E-state index contributed by atoms with van der Waals surface area (Å²) in [6, 6.07) is 15.2. The maximum Gasteiger partial charge on any atom is 0.255 e. The summed E-state index contributed by atoms with van der Waals surface area (Å²) in [7, 11) is -3.96. The molecule has 1 aliphatic heterocycles. The van der Waals surface area contributed by atoms with Crippen LogP contribution in [0.5, 0.6) is 0 Å². The third-order valence-corrected chi connectivity index (χ3v) is 11.5. The number of nitrogens with zero attached hydrogens (tertiary/aromatic N) is 1. The van der Waals surface area contributed by atoms with Gasteiger partial charge in [0.1, 0.15) is 0 Å². The molecule has 1 saturated carbocycles. The molecule has 1 heterocycles. The normalized spacial score (nSPS) is 24.0. The van der Waals surface area contributed by atoms with Crippen LogP contribution in [0.2, 0.25) is 5.02 Å². The lowest BCUT2D eigenvalue weighted by Crippen LogP contribution is -2.40. The Labute approximate surface area is 258 Å². The first-order chi connectivity index (χ1) is 21.1. The van der Waals surface area contributed by atoms with Gasteiger partial charge in [0.05, 0.1) is 35.0 Å². The zero-order valence-electron chi connectivity index (χ0n) is 23.6. The fourth-order valence-electron chi connectivity index (χ4n) is 6.57. The molecule has 12 heteroatoms. The zero-order valence-corrected chi connectivity index (χ0v) is 25.2. The molecule has 2 aliphatic carbocycles. The van der Waals surface area contributed by atoms with E-state index in [4.69, 9.17) is 16.4 Å². The Bertz CT molecular complexity index is 1680. The highest BCUT2D eigenvalue weighted by Crippen LogP contribution is 2.48. The van der Waals surface area contributed by atoms with Gasteiger partial charge in [-0.3, -0.25) is 14.9 Å². The van der Waals surface area contributed by atoms with Gasteiger partial charge in [0.25, 0.3) is 5.91 Å². The van der Waals surface area contributed by atoms with Crippen molar-refractivity contribution in [2.45, 2.75) is 48.4 Å². The lowest BCUT2D eigenvalue weighted by atomic mass is 9.84. The molecule has 2 N–H and O–H groups in total. The van der Waals surface area contributed by atoms with Gasteiger partial charge in [-0.2, -0.15) is 5.06 Å². The number of carbonyl (C=O) groups is 1. The van der Waals surface area contributed by atoms with Crippen molar-refractivity contribution in [2.24, 2.45) is 11.8 Å². The summed E-state index contributed by atoms with van der Waals surface area (Å²) in [6.45, 7) is 1.73. The summed E-state index contributed by atoms with van der Waals surface area (Å²) in [4.78, 5) is 18.7. The molecule has 0 spiro atoms. The van der Waals surface area contributed by atoms with Crippen LogP contribution < -0.4 is 10.6 Å². The van der Waals surface area contributed by atoms with Gasteiger partial charge in [-0.05, 0) is 61.3 Å². The van der Waals surface area contributed by atoms with E-state index in [0.717, 1.165) is 24.8 Å². The Morgan fingerprint density at radius 2 is 1.77 bits per heavy atom. The maximum atomic E-state index is 14.1. The molecule has 0 aromatic heterocycles. The molecule has 4 atom stereocenters. The Balaban J connectivity index is 1.17. The first kappa shape index (κ1) is 30.8. The minimum atomic E-state index is -3.96. The number of carbonyl (C=O) groups excluding carboxylic acids is 1. The average molecular weight is 646 g/mol. The maximum absolute atomic E-state index is 14.1. The van der Waals surface area contributed by atoms with Crippen molar-refractivity contribution in [2.75, 3.05) is 18.6 Å². The van der Waals surface area contributed by atoms with Crippen LogP contribution >= 0.6 is 11.6 Å². The molecule has 3 aliphatic rings. The van der Waals surface area contributed by atoms with Crippen LogP contribution in [-0.2, 0) is 21.2 Å². The van der Waals surface area contributed by atoms with E-state index in [0.29, 0.717) is 38.4 Å². The second-order valence-corrected chi connectivity index (χ2v) is 14.0. The molecule has 3 aromatic carbocycles.